The van der Waals surface area contributed by atoms with Crippen molar-refractivity contribution in [3.05, 3.63) is 71.8 Å². The minimum absolute atomic E-state index is 0. The van der Waals surface area contributed by atoms with Crippen molar-refractivity contribution in [3.63, 3.8) is 0 Å². The largest absolute Gasteiger partial charge is 0.507 e. The van der Waals surface area contributed by atoms with Gasteiger partial charge in [0.25, 0.3) is 0 Å². The second kappa shape index (κ2) is 41.2. The molecular formula is C31H55N6O2P3W3. The summed E-state index contributed by atoms with van der Waals surface area (Å²) in [7, 11) is 1.000. The van der Waals surface area contributed by atoms with Gasteiger partial charge in [0.15, 0.2) is 0 Å². The van der Waals surface area contributed by atoms with E-state index in [1.54, 1.807) is 48.5 Å². The maximum Gasteiger partial charge on any atom is 0.149 e. The number of aryl methyl sites for hydroxylation is 2. The second-order valence-electron chi connectivity index (χ2n) is 6.63. The second-order valence-corrected chi connectivity index (χ2v) is 6.63. The van der Waals surface area contributed by atoms with Crippen molar-refractivity contribution in [2.75, 3.05) is 31.5 Å². The Morgan fingerprint density at radius 1 is 0.556 bits per heavy atom. The van der Waals surface area contributed by atoms with Gasteiger partial charge in [-0.05, 0) is 61.4 Å². The molecule has 0 spiro atoms. The van der Waals surface area contributed by atoms with Crippen molar-refractivity contribution >= 4 is 39.2 Å². The fourth-order valence-corrected chi connectivity index (χ4v) is 2.63. The first-order valence-corrected chi connectivity index (χ1v) is 16.6. The number of anilines is 2. The Balaban J connectivity index is -0.0000000958. The standard InChI is InChI=1S/2C11H11N3O.3C2H6.3CH5P.3W/c2*1-7-6-9(13-14-11(7)12)8-4-2-3-5-10(8)15;6*1-2;;;/h2*2-6,15H,1H3,(H2,12,14);3*1-2H3;3*2H2,1H3;;;/i;;;;;3*2T;;;. The third-order valence-electron chi connectivity index (χ3n) is 4.41. The van der Waals surface area contributed by atoms with Gasteiger partial charge in [-0.1, -0.05) is 85.8 Å². The van der Waals surface area contributed by atoms with Crippen molar-refractivity contribution in [2.24, 2.45) is 0 Å². The maximum atomic E-state index is 9.63. The number of hydrogen-bond donors (Lipinski definition) is 4. The number of rotatable bonds is 2. The van der Waals surface area contributed by atoms with Crippen LogP contribution in [0.15, 0.2) is 60.7 Å². The summed E-state index contributed by atoms with van der Waals surface area (Å²) >= 11 is 0. The van der Waals surface area contributed by atoms with Gasteiger partial charge >= 0.3 is 0 Å². The molecule has 8 nitrogen and oxygen atoms in total. The number of nitrogens with two attached hydrogens (primary N) is 2. The van der Waals surface area contributed by atoms with Crippen molar-refractivity contribution in [3.8, 4) is 34.0 Å². The Bertz CT molecular complexity index is 1180. The first kappa shape index (κ1) is 51.0. The molecule has 3 unspecified atom stereocenters. The van der Waals surface area contributed by atoms with Crippen LogP contribution < -0.4 is 11.5 Å². The average molecular weight is 1190 g/mol. The van der Waals surface area contributed by atoms with Gasteiger partial charge in [0.05, 0.1) is 15.2 Å². The number of benzene rings is 2. The Morgan fingerprint density at radius 3 is 1.02 bits per heavy atom. The summed E-state index contributed by atoms with van der Waals surface area (Å²) in [6.07, 6.45) is 0. The van der Waals surface area contributed by atoms with Gasteiger partial charge in [-0.3, -0.25) is 0 Å². The van der Waals surface area contributed by atoms with Gasteiger partial charge in [-0.15, -0.1) is 47.9 Å². The summed E-state index contributed by atoms with van der Waals surface area (Å²) in [5, 5.41) is 34.7. The number of nitrogen functional groups attached to an aromatic ring is 2. The van der Waals surface area contributed by atoms with E-state index in [4.69, 9.17) is 15.3 Å². The predicted molar refractivity (Wildman–Crippen MR) is 198 cm³/mol. The van der Waals surface area contributed by atoms with Crippen molar-refractivity contribution in [2.45, 2.75) is 55.4 Å². The molecule has 4 rings (SSSR count). The fraction of sp³-hybridized carbons (Fsp3) is 0.355. The molecule has 4 aromatic rings. The molecule has 45 heavy (non-hydrogen) atoms. The number of para-hydroxylation sites is 2. The minimum Gasteiger partial charge on any atom is -0.507 e. The van der Waals surface area contributed by atoms with Crippen LogP contribution >= 0.6 is 27.6 Å². The molecule has 3 atom stereocenters. The predicted octanol–water partition coefficient (Wildman–Crippen LogP) is 8.02. The van der Waals surface area contributed by atoms with Crippen molar-refractivity contribution < 1.29 is 73.4 Å². The first-order valence-electron chi connectivity index (χ1n) is 15.1. The van der Waals surface area contributed by atoms with Crippen LogP contribution in [0.1, 0.15) is 52.7 Å². The Labute approximate surface area is 327 Å². The monoisotopic (exact) mass is 1190 g/mol. The number of aromatic hydroxyl groups is 2. The van der Waals surface area contributed by atoms with E-state index in [0.717, 1.165) is 11.1 Å². The summed E-state index contributed by atoms with van der Waals surface area (Å²) in [5.41, 5.74) is 15.4. The van der Waals surface area contributed by atoms with Crippen LogP contribution in [0.25, 0.3) is 22.5 Å². The quantitative estimate of drug-likeness (QED) is 0.148. The van der Waals surface area contributed by atoms with Gasteiger partial charge in [-0.2, -0.15) is 0 Å². The Kier molecular flexibility index (Phi) is 46.7. The molecule has 0 aliphatic carbocycles. The molecule has 0 saturated heterocycles. The summed E-state index contributed by atoms with van der Waals surface area (Å²) in [4.78, 5) is 0. The number of aromatic nitrogens is 4. The van der Waals surface area contributed by atoms with Crippen LogP contribution in [0, 0.1) is 13.8 Å². The van der Waals surface area contributed by atoms with E-state index in [0.29, 0.717) is 61.7 Å². The first-order chi connectivity index (χ1) is 21.6. The van der Waals surface area contributed by atoms with Crippen LogP contribution in [0.5, 0.6) is 11.5 Å². The summed E-state index contributed by atoms with van der Waals surface area (Å²) in [5.74, 6) is 1.20. The molecule has 0 radical (unpaired) electrons. The van der Waals surface area contributed by atoms with E-state index in [2.05, 4.69) is 20.4 Å². The summed E-state index contributed by atoms with van der Waals surface area (Å²) in [6.45, 7) is 21.2. The zero-order valence-electron chi connectivity index (χ0n) is 31.3. The summed E-state index contributed by atoms with van der Waals surface area (Å²) in [6, 6.07) is 17.6. The van der Waals surface area contributed by atoms with Crippen LogP contribution in [-0.2, 0) is 63.2 Å². The van der Waals surface area contributed by atoms with Gasteiger partial charge in [-0.25, -0.2) is 0 Å². The van der Waals surface area contributed by atoms with E-state index >= 15 is 0 Å². The topological polar surface area (TPSA) is 144 Å². The van der Waals surface area contributed by atoms with E-state index < -0.39 is 0 Å². The molecule has 2 aromatic heterocycles. The molecule has 0 aliphatic heterocycles. The van der Waals surface area contributed by atoms with Gasteiger partial charge < -0.3 is 21.7 Å². The van der Waals surface area contributed by atoms with Crippen LogP contribution in [-0.4, -0.2) is 54.4 Å². The molecule has 254 valence electrons. The van der Waals surface area contributed by atoms with Crippen molar-refractivity contribution in [1.82, 2.24) is 20.4 Å². The third-order valence-corrected chi connectivity index (χ3v) is 4.41. The molecule has 0 fully saturated rings. The van der Waals surface area contributed by atoms with Gasteiger partial charge in [0.1, 0.15) is 23.1 Å². The normalized spacial score (nSPS) is 9.27. The minimum atomic E-state index is 0. The van der Waals surface area contributed by atoms with Crippen LogP contribution in [0.3, 0.4) is 0 Å². The smallest absolute Gasteiger partial charge is 0.149 e. The molecule has 6 N–H and O–H groups in total. The maximum absolute atomic E-state index is 9.63. The third kappa shape index (κ3) is 24.0. The molecular weight excluding hydrogens is 1130 g/mol. The molecule has 0 saturated carbocycles. The van der Waals surface area contributed by atoms with Crippen LogP contribution in [0.4, 0.5) is 11.6 Å². The summed E-state index contributed by atoms with van der Waals surface area (Å²) < 4.78 is 18.7. The fourth-order valence-electron chi connectivity index (χ4n) is 2.63. The zero-order chi connectivity index (χ0) is 35.8. The average Bonchev–Trinajstić information content (AvgIpc) is 3.05. The number of phenolic OH excluding ortho intramolecular Hbond substituents is 2. The van der Waals surface area contributed by atoms with E-state index in [-0.39, 0.29) is 74.7 Å². The van der Waals surface area contributed by atoms with Crippen LogP contribution in [0.2, 0.25) is 0 Å². The van der Waals surface area contributed by atoms with E-state index in [1.807, 2.05) is 87.5 Å². The molecule has 0 amide bonds. The molecule has 2 aromatic carbocycles. The Hall–Kier alpha value is -0.845. The van der Waals surface area contributed by atoms with Gasteiger partial charge in [0, 0.05) is 74.3 Å². The van der Waals surface area contributed by atoms with E-state index in [1.165, 1.54) is 0 Å². The van der Waals surface area contributed by atoms with Crippen molar-refractivity contribution in [1.29, 1.82) is 3.84 Å². The SMILES string of the molecule is CC.CC.CC.Cc1cc(-c2ccccc2O)nnc1N.Cc1cc(-c2ccccc2O)nnc1N.[3H]PC.[3H]PC.[3H]PC.[W].[W].[W]. The number of phenols is 2. The number of hydrogen-bond acceptors (Lipinski definition) is 8. The molecule has 14 heteroatoms. The zero-order valence-corrected chi connectivity index (χ0v) is 40.1. The number of nitrogens with zero attached hydrogens (tertiary/aromatic N) is 4. The molecule has 0 bridgehead atoms. The van der Waals surface area contributed by atoms with Gasteiger partial charge in [0.2, 0.25) is 0 Å². The molecule has 2 heterocycles. The van der Waals surface area contributed by atoms with E-state index in [9.17, 15) is 10.2 Å². The Morgan fingerprint density at radius 2 is 0.800 bits per heavy atom. The molecule has 0 aliphatic rings.